The van der Waals surface area contributed by atoms with E-state index in [0.717, 1.165) is 51.0 Å². The summed E-state index contributed by atoms with van der Waals surface area (Å²) >= 11 is 0. The van der Waals surface area contributed by atoms with Crippen LogP contribution < -0.4 is 10.6 Å². The van der Waals surface area contributed by atoms with E-state index >= 15 is 0 Å². The van der Waals surface area contributed by atoms with Crippen LogP contribution in [0, 0.1) is 0 Å². The van der Waals surface area contributed by atoms with E-state index in [4.69, 9.17) is 0 Å². The smallest absolute Gasteiger partial charge is 0.276 e. The first-order valence-electron chi connectivity index (χ1n) is 10.9. The Morgan fingerprint density at radius 2 is 1.52 bits per heavy atom. The average Bonchev–Trinajstić information content (AvgIpc) is 3.28. The molecule has 5 aromatic rings. The van der Waals surface area contributed by atoms with E-state index in [1.54, 1.807) is 0 Å². The lowest BCUT2D eigenvalue weighted by molar-refractivity contribution is 0.102. The minimum absolute atomic E-state index is 0.249. The number of H-pyrrole nitrogens is 1. The summed E-state index contributed by atoms with van der Waals surface area (Å²) < 4.78 is 0. The van der Waals surface area contributed by atoms with Crippen LogP contribution in [0.25, 0.3) is 33.2 Å². The maximum Gasteiger partial charge on any atom is 0.276 e. The van der Waals surface area contributed by atoms with Gasteiger partial charge in [-0.05, 0) is 64.2 Å². The number of aromatic nitrogens is 3. The zero-order valence-electron chi connectivity index (χ0n) is 17.8. The minimum Gasteiger partial charge on any atom is -0.321 e. The largest absolute Gasteiger partial charge is 0.321 e. The van der Waals surface area contributed by atoms with E-state index in [0.29, 0.717) is 12.2 Å². The molecule has 3 N–H and O–H groups in total. The fraction of sp³-hybridized carbons (Fsp3) is 0.0741. The van der Waals surface area contributed by atoms with Gasteiger partial charge in [-0.1, -0.05) is 36.4 Å². The summed E-state index contributed by atoms with van der Waals surface area (Å²) in [6.07, 6.45) is 3.73. The van der Waals surface area contributed by atoms with Crippen molar-refractivity contribution >= 4 is 22.5 Å². The molecule has 0 unspecified atom stereocenters. The maximum atomic E-state index is 13.1. The number of benzene rings is 3. The van der Waals surface area contributed by atoms with Crippen LogP contribution in [-0.2, 0) is 13.1 Å². The number of fused-ring (bicyclic) bond motifs is 9. The molecule has 3 aromatic carbocycles. The van der Waals surface area contributed by atoms with Crippen molar-refractivity contribution in [3.05, 3.63) is 102 Å². The lowest BCUT2D eigenvalue weighted by atomic mass is 10.0. The zero-order valence-corrected chi connectivity index (χ0v) is 17.8. The van der Waals surface area contributed by atoms with Gasteiger partial charge in [-0.2, -0.15) is 5.10 Å². The van der Waals surface area contributed by atoms with Gasteiger partial charge in [-0.25, -0.2) is 0 Å². The summed E-state index contributed by atoms with van der Waals surface area (Å²) in [6.45, 7) is 1.46. The number of pyridine rings is 1. The van der Waals surface area contributed by atoms with Crippen LogP contribution in [0.4, 0.5) is 5.69 Å². The Bertz CT molecular complexity index is 1500. The molecule has 0 saturated heterocycles. The van der Waals surface area contributed by atoms with E-state index in [1.165, 1.54) is 5.56 Å². The third-order valence-corrected chi connectivity index (χ3v) is 5.95. The van der Waals surface area contributed by atoms with E-state index in [2.05, 4.69) is 56.1 Å². The number of carbonyl (C=O) groups excluding carboxylic acids is 1. The Hall–Kier alpha value is -4.29. The first kappa shape index (κ1) is 19.4. The first-order chi connectivity index (χ1) is 16.2. The second kappa shape index (κ2) is 8.00. The van der Waals surface area contributed by atoms with E-state index in [9.17, 15) is 4.79 Å². The lowest BCUT2D eigenvalue weighted by Crippen LogP contribution is -2.13. The van der Waals surface area contributed by atoms with Gasteiger partial charge in [-0.3, -0.25) is 14.9 Å². The van der Waals surface area contributed by atoms with Gasteiger partial charge in [0.1, 0.15) is 0 Å². The molecule has 1 aliphatic rings. The Balaban J connectivity index is 1.49. The van der Waals surface area contributed by atoms with Crippen LogP contribution in [0.5, 0.6) is 0 Å². The van der Waals surface area contributed by atoms with Crippen LogP contribution in [0.3, 0.4) is 0 Å². The van der Waals surface area contributed by atoms with Gasteiger partial charge >= 0.3 is 0 Å². The van der Waals surface area contributed by atoms with E-state index < -0.39 is 0 Å². The molecule has 6 heteroatoms. The number of aromatic amines is 1. The number of amides is 1. The van der Waals surface area contributed by atoms with Crippen LogP contribution in [-0.4, -0.2) is 21.1 Å². The van der Waals surface area contributed by atoms with Crippen molar-refractivity contribution in [2.24, 2.45) is 0 Å². The number of hydrogen-bond acceptors (Lipinski definition) is 4. The van der Waals surface area contributed by atoms with Gasteiger partial charge < -0.3 is 10.6 Å². The quantitative estimate of drug-likeness (QED) is 0.317. The van der Waals surface area contributed by atoms with Crippen molar-refractivity contribution in [3.8, 4) is 22.3 Å². The molecule has 3 heterocycles. The number of carbonyl (C=O) groups is 1. The molecule has 160 valence electrons. The maximum absolute atomic E-state index is 13.1. The molecule has 1 aliphatic heterocycles. The fourth-order valence-corrected chi connectivity index (χ4v) is 4.29. The molecular weight excluding hydrogens is 410 g/mol. The topological polar surface area (TPSA) is 82.7 Å². The van der Waals surface area contributed by atoms with Crippen molar-refractivity contribution in [1.29, 1.82) is 0 Å². The lowest BCUT2D eigenvalue weighted by Gasteiger charge is -2.11. The summed E-state index contributed by atoms with van der Waals surface area (Å²) in [5.74, 6) is -0.249. The highest BCUT2D eigenvalue weighted by atomic mass is 16.1. The van der Waals surface area contributed by atoms with Gasteiger partial charge in [0, 0.05) is 42.1 Å². The molecule has 6 nitrogen and oxygen atoms in total. The highest BCUT2D eigenvalue weighted by Crippen LogP contribution is 2.28. The number of anilines is 1. The van der Waals surface area contributed by atoms with Crippen molar-refractivity contribution in [2.75, 3.05) is 5.32 Å². The minimum atomic E-state index is -0.249. The number of rotatable bonds is 0. The first-order valence-corrected chi connectivity index (χ1v) is 10.9. The predicted molar refractivity (Wildman–Crippen MR) is 130 cm³/mol. The standard InChI is InChI=1S/C27H21N5O/c33-27-26-24-12-21(7-8-25(24)31-32-26)22-10-18(15-29-16-22)14-28-13-17-3-1-4-19(9-17)20-5-2-6-23(11-20)30-27/h1-12,15-16,28H,13-14H2,(H,30,33)(H,31,32). The highest BCUT2D eigenvalue weighted by Gasteiger charge is 2.16. The Kier molecular flexibility index (Phi) is 4.70. The molecule has 2 aromatic heterocycles. The van der Waals surface area contributed by atoms with E-state index in [1.807, 2.05) is 54.9 Å². The molecule has 0 spiro atoms. The van der Waals surface area contributed by atoms with Gasteiger partial charge in [0.25, 0.3) is 5.91 Å². The third-order valence-electron chi connectivity index (χ3n) is 5.95. The second-order valence-electron chi connectivity index (χ2n) is 8.25. The van der Waals surface area contributed by atoms with Gasteiger partial charge in [0.2, 0.25) is 0 Å². The van der Waals surface area contributed by atoms with Gasteiger partial charge in [0.05, 0.1) is 5.52 Å². The van der Waals surface area contributed by atoms with Crippen LogP contribution >= 0.6 is 0 Å². The average molecular weight is 431 g/mol. The number of hydrogen-bond donors (Lipinski definition) is 3. The molecular formula is C27H21N5O. The van der Waals surface area contributed by atoms with Crippen molar-refractivity contribution in [1.82, 2.24) is 20.5 Å². The van der Waals surface area contributed by atoms with Gasteiger partial charge in [0.15, 0.2) is 5.69 Å². The summed E-state index contributed by atoms with van der Waals surface area (Å²) in [7, 11) is 0. The zero-order chi connectivity index (χ0) is 22.2. The van der Waals surface area contributed by atoms with Crippen LogP contribution in [0.1, 0.15) is 21.6 Å². The highest BCUT2D eigenvalue weighted by molar-refractivity contribution is 6.11. The molecule has 6 rings (SSSR count). The normalized spacial score (nSPS) is 13.4. The summed E-state index contributed by atoms with van der Waals surface area (Å²) in [6, 6.07) is 24.4. The molecule has 1 amide bonds. The van der Waals surface area contributed by atoms with Crippen molar-refractivity contribution in [2.45, 2.75) is 13.1 Å². The molecule has 0 aliphatic carbocycles. The molecule has 8 bridgehead atoms. The summed E-state index contributed by atoms with van der Waals surface area (Å²) in [5, 5.41) is 14.6. The number of nitrogens with one attached hydrogen (secondary N) is 3. The van der Waals surface area contributed by atoms with Crippen molar-refractivity contribution in [3.63, 3.8) is 0 Å². The third kappa shape index (κ3) is 3.77. The summed E-state index contributed by atoms with van der Waals surface area (Å²) in [4.78, 5) is 17.6. The molecule has 0 radical (unpaired) electrons. The molecule has 0 fully saturated rings. The van der Waals surface area contributed by atoms with Crippen molar-refractivity contribution < 1.29 is 4.79 Å². The Morgan fingerprint density at radius 3 is 2.45 bits per heavy atom. The Labute approximate surface area is 190 Å². The molecule has 0 atom stereocenters. The Morgan fingerprint density at radius 1 is 0.727 bits per heavy atom. The second-order valence-corrected chi connectivity index (χ2v) is 8.25. The SMILES string of the molecule is O=C1Nc2cccc(c2)-c2cccc(c2)CNCc2cncc(c2)-c2ccc3[nH]nc1c3c2. The molecule has 33 heavy (non-hydrogen) atoms. The van der Waals surface area contributed by atoms with Gasteiger partial charge in [-0.15, -0.1) is 0 Å². The predicted octanol–water partition coefficient (Wildman–Crippen LogP) is 5.15. The number of nitrogens with zero attached hydrogens (tertiary/aromatic N) is 2. The summed E-state index contributed by atoms with van der Waals surface area (Å²) in [5.41, 5.74) is 8.34. The van der Waals surface area contributed by atoms with Crippen LogP contribution in [0.15, 0.2) is 85.2 Å². The fourth-order valence-electron chi connectivity index (χ4n) is 4.29. The monoisotopic (exact) mass is 431 g/mol. The van der Waals surface area contributed by atoms with E-state index in [-0.39, 0.29) is 5.91 Å². The van der Waals surface area contributed by atoms with Crippen LogP contribution in [0.2, 0.25) is 0 Å². The molecule has 0 saturated carbocycles.